The minimum atomic E-state index is -5.93. The van der Waals surface area contributed by atoms with Gasteiger partial charge in [0.2, 0.25) is 10.0 Å². The van der Waals surface area contributed by atoms with Gasteiger partial charge in [-0.3, -0.25) is 0 Å². The van der Waals surface area contributed by atoms with E-state index in [0.717, 1.165) is 26.6 Å². The van der Waals surface area contributed by atoms with Gasteiger partial charge >= 0.3 is 12.1 Å². The lowest BCUT2D eigenvalue weighted by molar-refractivity contribution is -0.362. The van der Waals surface area contributed by atoms with Gasteiger partial charge in [-0.05, 0) is 84.8 Å². The van der Waals surface area contributed by atoms with Crippen LogP contribution in [0.3, 0.4) is 0 Å². The number of rotatable bonds is 5. The molecule has 3 saturated carbocycles. The van der Waals surface area contributed by atoms with Crippen LogP contribution in [0.1, 0.15) is 83.6 Å². The van der Waals surface area contributed by atoms with Crippen molar-refractivity contribution in [3.63, 3.8) is 0 Å². The third-order valence-electron chi connectivity index (χ3n) is 13.2. The van der Waals surface area contributed by atoms with Crippen molar-refractivity contribution in [2.24, 2.45) is 22.7 Å². The Labute approximate surface area is 302 Å². The van der Waals surface area contributed by atoms with Gasteiger partial charge in [-0.1, -0.05) is 62.7 Å². The van der Waals surface area contributed by atoms with E-state index in [1.807, 2.05) is 38.1 Å². The van der Waals surface area contributed by atoms with Crippen LogP contribution in [0, 0.1) is 22.7 Å². The molecule has 0 amide bonds. The zero-order valence-corrected chi connectivity index (χ0v) is 31.0. The highest BCUT2D eigenvalue weighted by molar-refractivity contribution is 7.89. The van der Waals surface area contributed by atoms with Crippen molar-refractivity contribution < 1.29 is 50.1 Å². The first-order valence-electron chi connectivity index (χ1n) is 18.0. The molecular formula is C39H48F5NO6S. The summed E-state index contributed by atoms with van der Waals surface area (Å²) in [6.07, 6.45) is -5.03. The molecular weight excluding hydrogens is 705 g/mol. The Morgan fingerprint density at radius 1 is 0.827 bits per heavy atom. The molecule has 1 aliphatic heterocycles. The molecule has 0 aromatic heterocycles. The monoisotopic (exact) mass is 753 g/mol. The lowest BCUT2D eigenvalue weighted by atomic mass is 9.49. The number of alkyl halides is 5. The molecule has 13 heteroatoms. The number of hydrogen-bond donors (Lipinski definition) is 2. The van der Waals surface area contributed by atoms with Crippen LogP contribution >= 0.6 is 0 Å². The van der Waals surface area contributed by atoms with Gasteiger partial charge < -0.3 is 19.7 Å². The fourth-order valence-electron chi connectivity index (χ4n) is 10.2. The van der Waals surface area contributed by atoms with Crippen LogP contribution in [0.15, 0.2) is 64.6 Å². The maximum Gasteiger partial charge on any atom is 0.456 e. The van der Waals surface area contributed by atoms with E-state index in [1.54, 1.807) is 12.1 Å². The van der Waals surface area contributed by atoms with E-state index < -0.39 is 68.7 Å². The van der Waals surface area contributed by atoms with Crippen molar-refractivity contribution in [2.45, 2.75) is 112 Å². The summed E-state index contributed by atoms with van der Waals surface area (Å²) in [7, 11) is -0.735. The second-order valence-electron chi connectivity index (χ2n) is 17.1. The first-order chi connectivity index (χ1) is 24.0. The predicted molar refractivity (Wildman–Crippen MR) is 184 cm³/mol. The molecule has 4 fully saturated rings. The zero-order chi connectivity index (χ0) is 37.9. The second-order valence-corrected chi connectivity index (χ2v) is 19.3. The summed E-state index contributed by atoms with van der Waals surface area (Å²) < 4.78 is 112. The number of fused-ring (bicyclic) bond motifs is 4. The molecule has 6 atom stereocenters. The molecule has 1 heterocycles. The predicted octanol–water partition coefficient (Wildman–Crippen LogP) is 7.83. The zero-order valence-electron chi connectivity index (χ0n) is 30.2. The normalized spacial score (nSPS) is 34.6. The van der Waals surface area contributed by atoms with Gasteiger partial charge in [0.1, 0.15) is 5.60 Å². The third-order valence-corrected chi connectivity index (χ3v) is 15.0. The molecule has 2 aromatic carbocycles. The maximum atomic E-state index is 15.5. The van der Waals surface area contributed by atoms with Crippen molar-refractivity contribution >= 4 is 10.0 Å². The topological polar surface area (TPSA) is 96.3 Å². The van der Waals surface area contributed by atoms with Crippen LogP contribution in [-0.4, -0.2) is 79.3 Å². The number of halogens is 5. The highest BCUT2D eigenvalue weighted by Crippen LogP contribution is 2.71. The Hall–Kier alpha value is -2.42. The summed E-state index contributed by atoms with van der Waals surface area (Å²) in [6, 6.07) is 13.7. The molecule has 7 rings (SSSR count). The van der Waals surface area contributed by atoms with E-state index in [0.29, 0.717) is 38.0 Å². The van der Waals surface area contributed by atoms with E-state index >= 15 is 8.78 Å². The Bertz CT molecular complexity index is 1850. The summed E-state index contributed by atoms with van der Waals surface area (Å²) >= 11 is 0. The van der Waals surface area contributed by atoms with Crippen molar-refractivity contribution in [1.29, 1.82) is 0 Å². The summed E-state index contributed by atoms with van der Waals surface area (Å²) in [5.74, 6) is -8.01. The van der Waals surface area contributed by atoms with Crippen LogP contribution < -0.4 is 0 Å². The SMILES string of the molecule is CN(C)S(=O)(=O)c1ccc(-c2ccc([C@H]3C[C@@]4(C)[C@@H](CC[C@@]4(O)C(F)(F)C(F)(F)F)[C@@H]4CC[C@@]5(O)CC6(CCC5=C43)OCC(C)(C)CO6)cc2)cc1. The molecule has 0 bridgehead atoms. The number of nitrogens with zero attached hydrogens (tertiary/aromatic N) is 1. The molecule has 4 aliphatic carbocycles. The van der Waals surface area contributed by atoms with E-state index in [9.17, 15) is 31.8 Å². The number of benzene rings is 2. The van der Waals surface area contributed by atoms with Crippen LogP contribution in [0.5, 0.6) is 0 Å². The molecule has 2 N–H and O–H groups in total. The van der Waals surface area contributed by atoms with Crippen molar-refractivity contribution in [3.05, 3.63) is 65.2 Å². The van der Waals surface area contributed by atoms with Crippen LogP contribution in [0.25, 0.3) is 11.1 Å². The van der Waals surface area contributed by atoms with Crippen molar-refractivity contribution in [2.75, 3.05) is 27.3 Å². The van der Waals surface area contributed by atoms with E-state index in [2.05, 4.69) is 0 Å². The fourth-order valence-corrected chi connectivity index (χ4v) is 11.1. The lowest BCUT2D eigenvalue weighted by Gasteiger charge is -2.59. The lowest BCUT2D eigenvalue weighted by Crippen LogP contribution is -2.65. The fraction of sp³-hybridized carbons (Fsp3) is 0.641. The molecule has 286 valence electrons. The highest BCUT2D eigenvalue weighted by atomic mass is 32.2. The average molecular weight is 754 g/mol. The van der Waals surface area contributed by atoms with E-state index in [-0.39, 0.29) is 36.0 Å². The summed E-state index contributed by atoms with van der Waals surface area (Å²) in [6.45, 7) is 6.42. The quantitative estimate of drug-likeness (QED) is 0.239. The number of allylic oxidation sites excluding steroid dienone is 1. The molecule has 0 unspecified atom stereocenters. The molecule has 5 aliphatic rings. The van der Waals surface area contributed by atoms with Gasteiger partial charge in [-0.25, -0.2) is 12.7 Å². The van der Waals surface area contributed by atoms with Crippen LogP contribution in [0.2, 0.25) is 0 Å². The van der Waals surface area contributed by atoms with Crippen molar-refractivity contribution in [3.8, 4) is 11.1 Å². The largest absolute Gasteiger partial charge is 0.456 e. The number of sulfonamides is 1. The Balaban J connectivity index is 1.30. The van der Waals surface area contributed by atoms with E-state index in [4.69, 9.17) is 9.47 Å². The van der Waals surface area contributed by atoms with Crippen LogP contribution in [0.4, 0.5) is 22.0 Å². The van der Waals surface area contributed by atoms with Gasteiger partial charge in [-0.15, -0.1) is 0 Å². The number of ether oxygens (including phenoxy) is 2. The summed E-state index contributed by atoms with van der Waals surface area (Å²) in [5, 5.41) is 24.1. The molecule has 0 radical (unpaired) electrons. The number of hydrogen-bond acceptors (Lipinski definition) is 6. The summed E-state index contributed by atoms with van der Waals surface area (Å²) in [5.41, 5.74) is -2.75. The highest BCUT2D eigenvalue weighted by Gasteiger charge is 2.79. The van der Waals surface area contributed by atoms with Gasteiger partial charge in [0.15, 0.2) is 5.79 Å². The summed E-state index contributed by atoms with van der Waals surface area (Å²) in [4.78, 5) is 0.133. The Morgan fingerprint density at radius 2 is 1.40 bits per heavy atom. The van der Waals surface area contributed by atoms with Crippen molar-refractivity contribution in [1.82, 2.24) is 4.31 Å². The molecule has 52 heavy (non-hydrogen) atoms. The first kappa shape index (κ1) is 37.9. The molecule has 1 spiro atoms. The minimum absolute atomic E-state index is 0.00891. The third kappa shape index (κ3) is 5.62. The average Bonchev–Trinajstić information content (AvgIpc) is 3.36. The second kappa shape index (κ2) is 12.0. The Morgan fingerprint density at radius 3 is 1.96 bits per heavy atom. The van der Waals surface area contributed by atoms with Gasteiger partial charge in [0.25, 0.3) is 0 Å². The van der Waals surface area contributed by atoms with Gasteiger partial charge in [-0.2, -0.15) is 22.0 Å². The minimum Gasteiger partial charge on any atom is -0.385 e. The standard InChI is InChI=1S/C39H48F5NO6S/c1-33(2)22-50-36(51-23-33)18-15-31-32-28(14-17-35(31,46)21-36)30-16-19-37(47,38(40,41)39(42,43)44)34(30,3)20-29(32)26-8-6-24(7-9-26)25-10-12-27(13-11-25)52(48,49)45(4)5/h6-13,28-30,46-47H,14-23H2,1-5H3/t28-,29+,30-,34-,35+,37-/m0/s1. The maximum absolute atomic E-state index is 15.5. The molecule has 1 saturated heterocycles. The number of aliphatic hydroxyl groups is 2. The Kier molecular flexibility index (Phi) is 8.77. The molecule has 2 aromatic rings. The van der Waals surface area contributed by atoms with Gasteiger partial charge in [0, 0.05) is 43.7 Å². The van der Waals surface area contributed by atoms with Gasteiger partial charge in [0.05, 0.1) is 23.7 Å². The smallest absolute Gasteiger partial charge is 0.385 e. The first-order valence-corrected chi connectivity index (χ1v) is 19.5. The van der Waals surface area contributed by atoms with Crippen LogP contribution in [-0.2, 0) is 19.5 Å². The van der Waals surface area contributed by atoms with E-state index in [1.165, 1.54) is 33.2 Å². The molecule has 7 nitrogen and oxygen atoms in total.